The number of fused-ring (bicyclic) bond motifs is 1. The van der Waals surface area contributed by atoms with E-state index in [2.05, 4.69) is 10.3 Å². The second kappa shape index (κ2) is 11.2. The van der Waals surface area contributed by atoms with Crippen LogP contribution in [0, 0.1) is 5.82 Å². The summed E-state index contributed by atoms with van der Waals surface area (Å²) in [7, 11) is 1.59. The number of aromatic nitrogens is 2. The molecule has 1 amide bonds. The number of carbonyl (C=O) groups is 1. The average molecular weight is 529 g/mol. The molecule has 0 radical (unpaired) electrons. The van der Waals surface area contributed by atoms with Crippen molar-refractivity contribution in [3.8, 4) is 11.1 Å². The minimum absolute atomic E-state index is 0.163. The van der Waals surface area contributed by atoms with Gasteiger partial charge in [-0.15, -0.1) is 0 Å². The fraction of sp³-hybridized carbons (Fsp3) is 0.407. The fourth-order valence-corrected chi connectivity index (χ4v) is 5.24. The minimum atomic E-state index is -0.414. The van der Waals surface area contributed by atoms with Crippen molar-refractivity contribution in [2.24, 2.45) is 0 Å². The van der Waals surface area contributed by atoms with Crippen molar-refractivity contribution in [2.75, 3.05) is 32.2 Å². The van der Waals surface area contributed by atoms with Gasteiger partial charge in [0.2, 0.25) is 0 Å². The van der Waals surface area contributed by atoms with Crippen molar-refractivity contribution in [2.45, 2.75) is 44.6 Å². The second-order valence-corrected chi connectivity index (χ2v) is 9.87. The number of benzene rings is 1. The Morgan fingerprint density at radius 1 is 1.24 bits per heavy atom. The number of anilines is 1. The molecule has 5 rings (SSSR count). The topological polar surface area (TPSA) is 88.8 Å². The molecule has 1 unspecified atom stereocenters. The zero-order chi connectivity index (χ0) is 25.9. The number of pyridine rings is 1. The summed E-state index contributed by atoms with van der Waals surface area (Å²) in [6, 6.07) is 7.98. The van der Waals surface area contributed by atoms with Gasteiger partial charge in [0.25, 0.3) is 5.91 Å². The fourth-order valence-electron chi connectivity index (χ4n) is 5.03. The lowest BCUT2D eigenvalue weighted by atomic mass is 10.0. The van der Waals surface area contributed by atoms with E-state index in [4.69, 9.17) is 21.1 Å². The molecule has 3 aromatic rings. The monoisotopic (exact) mass is 528 g/mol. The van der Waals surface area contributed by atoms with Gasteiger partial charge in [0, 0.05) is 63.0 Å². The third kappa shape index (κ3) is 5.50. The highest BCUT2D eigenvalue weighted by Crippen LogP contribution is 2.34. The molecule has 2 aliphatic rings. The van der Waals surface area contributed by atoms with Gasteiger partial charge in [-0.1, -0.05) is 17.7 Å². The van der Waals surface area contributed by atoms with Crippen molar-refractivity contribution in [1.29, 1.82) is 0 Å². The number of amides is 1. The first kappa shape index (κ1) is 25.7. The molecular formula is C27H30ClFN4O4. The van der Waals surface area contributed by atoms with E-state index < -0.39 is 5.82 Å². The number of carbonyl (C=O) groups excluding carboxylic acids is 1. The number of ether oxygens (including phenoxy) is 2. The van der Waals surface area contributed by atoms with E-state index in [1.807, 2.05) is 22.9 Å². The van der Waals surface area contributed by atoms with Gasteiger partial charge in [-0.25, -0.2) is 9.37 Å². The Kier molecular flexibility index (Phi) is 7.76. The number of halogens is 2. The lowest BCUT2D eigenvalue weighted by molar-refractivity contribution is 0.0386. The van der Waals surface area contributed by atoms with Crippen LogP contribution in [0.4, 0.5) is 10.2 Å². The Hall–Kier alpha value is -2.98. The van der Waals surface area contributed by atoms with E-state index >= 15 is 0 Å². The molecule has 1 atom stereocenters. The Bertz CT molecular complexity index is 1280. The average Bonchev–Trinajstić information content (AvgIpc) is 3.32. The Morgan fingerprint density at radius 2 is 2.05 bits per heavy atom. The highest BCUT2D eigenvalue weighted by Gasteiger charge is 2.34. The molecule has 4 heterocycles. The van der Waals surface area contributed by atoms with E-state index in [1.165, 1.54) is 12.1 Å². The Morgan fingerprint density at radius 3 is 2.81 bits per heavy atom. The van der Waals surface area contributed by atoms with Crippen molar-refractivity contribution in [3.05, 3.63) is 70.4 Å². The molecule has 1 saturated heterocycles. The summed E-state index contributed by atoms with van der Waals surface area (Å²) in [6.45, 7) is 2.20. The molecule has 2 N–H and O–H groups in total. The van der Waals surface area contributed by atoms with Crippen LogP contribution < -0.4 is 5.32 Å². The molecule has 196 valence electrons. The maximum atomic E-state index is 14.0. The summed E-state index contributed by atoms with van der Waals surface area (Å²) in [4.78, 5) is 19.8. The first-order chi connectivity index (χ1) is 18.0. The van der Waals surface area contributed by atoms with Gasteiger partial charge in [-0.05, 0) is 48.2 Å². The van der Waals surface area contributed by atoms with Gasteiger partial charge in [-0.2, -0.15) is 0 Å². The number of aliphatic hydroxyl groups is 1. The number of hydrogen-bond donors (Lipinski definition) is 2. The van der Waals surface area contributed by atoms with Gasteiger partial charge in [0.1, 0.15) is 17.3 Å². The summed E-state index contributed by atoms with van der Waals surface area (Å²) in [5.74, 6) is 0.116. The zero-order valence-electron chi connectivity index (χ0n) is 20.6. The minimum Gasteiger partial charge on any atom is -0.392 e. The maximum absolute atomic E-state index is 14.0. The summed E-state index contributed by atoms with van der Waals surface area (Å²) < 4.78 is 26.8. The largest absolute Gasteiger partial charge is 0.392 e. The molecule has 37 heavy (non-hydrogen) atoms. The van der Waals surface area contributed by atoms with Gasteiger partial charge in [-0.3, -0.25) is 4.79 Å². The molecule has 1 fully saturated rings. The van der Waals surface area contributed by atoms with Gasteiger partial charge in [0.15, 0.2) is 0 Å². The van der Waals surface area contributed by atoms with Gasteiger partial charge >= 0.3 is 0 Å². The maximum Gasteiger partial charge on any atom is 0.271 e. The number of nitrogens with one attached hydrogen (secondary N) is 1. The number of methoxy groups -OCH3 is 1. The summed E-state index contributed by atoms with van der Waals surface area (Å²) in [5, 5.41) is 13.7. The first-order valence-corrected chi connectivity index (χ1v) is 12.7. The third-order valence-corrected chi connectivity index (χ3v) is 7.30. The van der Waals surface area contributed by atoms with Gasteiger partial charge < -0.3 is 29.4 Å². The Labute approximate surface area is 220 Å². The van der Waals surface area contributed by atoms with Crippen LogP contribution in [-0.4, -0.2) is 64.5 Å². The van der Waals surface area contributed by atoms with Crippen LogP contribution in [0.25, 0.3) is 11.1 Å². The zero-order valence-corrected chi connectivity index (χ0v) is 21.4. The van der Waals surface area contributed by atoms with Crippen molar-refractivity contribution in [1.82, 2.24) is 14.5 Å². The summed E-state index contributed by atoms with van der Waals surface area (Å²) >= 11 is 6.54. The second-order valence-electron chi connectivity index (χ2n) is 9.46. The van der Waals surface area contributed by atoms with Crippen LogP contribution in [-0.2, 0) is 29.2 Å². The predicted molar refractivity (Wildman–Crippen MR) is 138 cm³/mol. The number of hydrogen-bond acceptors (Lipinski definition) is 6. The lowest BCUT2D eigenvalue weighted by Crippen LogP contribution is -2.49. The molecule has 0 saturated carbocycles. The summed E-state index contributed by atoms with van der Waals surface area (Å²) in [5.41, 5.74) is 3.25. The van der Waals surface area contributed by atoms with E-state index in [0.717, 1.165) is 43.0 Å². The van der Waals surface area contributed by atoms with Gasteiger partial charge in [0.05, 0.1) is 24.3 Å². The van der Waals surface area contributed by atoms with Crippen LogP contribution in [0.1, 0.15) is 34.5 Å². The molecule has 2 aliphatic heterocycles. The van der Waals surface area contributed by atoms with Crippen LogP contribution in [0.3, 0.4) is 0 Å². The van der Waals surface area contributed by atoms with Crippen molar-refractivity contribution in [3.63, 3.8) is 0 Å². The van der Waals surface area contributed by atoms with Crippen LogP contribution in [0.2, 0.25) is 5.02 Å². The molecule has 1 aromatic carbocycles. The number of nitrogens with zero attached hydrogens (tertiary/aromatic N) is 3. The quantitative estimate of drug-likeness (QED) is 0.458. The smallest absolute Gasteiger partial charge is 0.271 e. The van der Waals surface area contributed by atoms with Crippen molar-refractivity contribution >= 4 is 23.3 Å². The molecule has 0 aliphatic carbocycles. The molecule has 8 nitrogen and oxygen atoms in total. The lowest BCUT2D eigenvalue weighted by Gasteiger charge is -2.36. The Balaban J connectivity index is 1.44. The molecular weight excluding hydrogens is 499 g/mol. The standard InChI is InChI=1S/C27H30ClFN4O4/c1-36-16-22-14-32-12-19(23-10-26(30-11-24(23)28)31-21-4-6-37-7-5-21)9-25(32)27(35)33(22)13-18-8-20(29)3-2-17(18)15-34/h2-3,8-12,21-22,34H,4-7,13-16H2,1H3,(H,30,31). The predicted octanol–water partition coefficient (Wildman–Crippen LogP) is 4.10. The van der Waals surface area contributed by atoms with E-state index in [1.54, 1.807) is 24.3 Å². The summed E-state index contributed by atoms with van der Waals surface area (Å²) in [6.07, 6.45) is 5.37. The highest BCUT2D eigenvalue weighted by molar-refractivity contribution is 6.33. The normalized spacial score (nSPS) is 18.2. The highest BCUT2D eigenvalue weighted by atomic mass is 35.5. The van der Waals surface area contributed by atoms with Crippen LogP contribution >= 0.6 is 11.6 Å². The number of rotatable bonds is 8. The van der Waals surface area contributed by atoms with Crippen LogP contribution in [0.15, 0.2) is 42.7 Å². The van der Waals surface area contributed by atoms with Crippen LogP contribution in [0.5, 0.6) is 0 Å². The molecule has 0 bridgehead atoms. The van der Waals surface area contributed by atoms with E-state index in [0.29, 0.717) is 35.0 Å². The third-order valence-electron chi connectivity index (χ3n) is 7.00. The SMILES string of the molecule is COCC1Cn2cc(-c3cc(NC4CCOCC4)ncc3Cl)cc2C(=O)N1Cc1cc(F)ccc1CO. The molecule has 0 spiro atoms. The van der Waals surface area contributed by atoms with E-state index in [-0.39, 0.29) is 31.1 Å². The molecule has 10 heteroatoms. The van der Waals surface area contributed by atoms with Crippen molar-refractivity contribution < 1.29 is 23.8 Å². The number of aliphatic hydroxyl groups excluding tert-OH is 1. The molecule has 2 aromatic heterocycles. The first-order valence-electron chi connectivity index (χ1n) is 12.3. The van der Waals surface area contributed by atoms with E-state index in [9.17, 15) is 14.3 Å².